The van der Waals surface area contributed by atoms with Crippen molar-refractivity contribution in [2.24, 2.45) is 5.41 Å². The number of aliphatic hydroxyl groups is 1. The molecular weight excluding hydrogens is 380 g/mol. The standard InChI is InChI=1S/C24H50N2O4/c1-3-4-5-6-7-8-9-10-11-24(2,23-27)22-26-14-18-28-16-12-25-13-17-29-20-21-30-19-15-26/h25,27H,3-23H2,1-2H3. The van der Waals surface area contributed by atoms with Crippen LogP contribution < -0.4 is 5.32 Å². The molecule has 1 aliphatic heterocycles. The Bertz CT molecular complexity index is 357. The summed E-state index contributed by atoms with van der Waals surface area (Å²) in [4.78, 5) is 2.40. The van der Waals surface area contributed by atoms with Gasteiger partial charge >= 0.3 is 0 Å². The number of hydrogen-bond acceptors (Lipinski definition) is 6. The predicted molar refractivity (Wildman–Crippen MR) is 124 cm³/mol. The molecule has 0 spiro atoms. The van der Waals surface area contributed by atoms with Crippen LogP contribution in [0.2, 0.25) is 0 Å². The van der Waals surface area contributed by atoms with E-state index in [2.05, 4.69) is 24.1 Å². The smallest absolute Gasteiger partial charge is 0.0701 e. The van der Waals surface area contributed by atoms with Crippen molar-refractivity contribution in [2.75, 3.05) is 79.0 Å². The fourth-order valence-corrected chi connectivity index (χ4v) is 3.93. The van der Waals surface area contributed by atoms with E-state index >= 15 is 0 Å². The molecule has 0 radical (unpaired) electrons. The quantitative estimate of drug-likeness (QED) is 0.462. The molecule has 180 valence electrons. The lowest BCUT2D eigenvalue weighted by molar-refractivity contribution is 0.0206. The Morgan fingerprint density at radius 2 is 1.30 bits per heavy atom. The molecule has 0 bridgehead atoms. The highest BCUT2D eigenvalue weighted by Gasteiger charge is 2.26. The minimum atomic E-state index is -0.0597. The van der Waals surface area contributed by atoms with E-state index in [0.29, 0.717) is 26.4 Å². The molecule has 0 aromatic rings. The average Bonchev–Trinajstić information content (AvgIpc) is 2.76. The van der Waals surface area contributed by atoms with Crippen molar-refractivity contribution in [2.45, 2.75) is 71.6 Å². The fourth-order valence-electron chi connectivity index (χ4n) is 3.93. The first kappa shape index (κ1) is 27.8. The summed E-state index contributed by atoms with van der Waals surface area (Å²) >= 11 is 0. The van der Waals surface area contributed by atoms with Gasteiger partial charge in [-0.2, -0.15) is 0 Å². The summed E-state index contributed by atoms with van der Waals surface area (Å²) in [6, 6.07) is 0. The zero-order valence-electron chi connectivity index (χ0n) is 20.0. The van der Waals surface area contributed by atoms with Crippen molar-refractivity contribution in [3.8, 4) is 0 Å². The van der Waals surface area contributed by atoms with E-state index in [4.69, 9.17) is 14.2 Å². The van der Waals surface area contributed by atoms with Gasteiger partial charge in [0.2, 0.25) is 0 Å². The molecule has 1 aliphatic rings. The third-order valence-corrected chi connectivity index (χ3v) is 5.94. The summed E-state index contributed by atoms with van der Waals surface area (Å²) in [7, 11) is 0. The first-order valence-corrected chi connectivity index (χ1v) is 12.5. The normalized spacial score (nSPS) is 20.9. The van der Waals surface area contributed by atoms with Gasteiger partial charge in [-0.05, 0) is 6.42 Å². The molecule has 0 aromatic carbocycles. The first-order valence-electron chi connectivity index (χ1n) is 12.5. The molecule has 6 nitrogen and oxygen atoms in total. The molecule has 0 saturated carbocycles. The maximum absolute atomic E-state index is 10.1. The van der Waals surface area contributed by atoms with Crippen LogP contribution in [-0.2, 0) is 14.2 Å². The molecule has 6 heteroatoms. The molecular formula is C24H50N2O4. The van der Waals surface area contributed by atoms with Crippen molar-refractivity contribution in [1.29, 1.82) is 0 Å². The molecule has 0 aliphatic carbocycles. The molecule has 1 heterocycles. The summed E-state index contributed by atoms with van der Waals surface area (Å²) in [6.45, 7) is 13.2. The van der Waals surface area contributed by atoms with Crippen molar-refractivity contribution in [1.82, 2.24) is 10.2 Å². The number of nitrogens with zero attached hydrogens (tertiary/aromatic N) is 1. The largest absolute Gasteiger partial charge is 0.396 e. The zero-order chi connectivity index (χ0) is 21.8. The third-order valence-electron chi connectivity index (χ3n) is 5.94. The molecule has 1 fully saturated rings. The van der Waals surface area contributed by atoms with Crippen LogP contribution in [-0.4, -0.2) is 89.0 Å². The van der Waals surface area contributed by atoms with Crippen LogP contribution in [0.15, 0.2) is 0 Å². The fraction of sp³-hybridized carbons (Fsp3) is 1.00. The van der Waals surface area contributed by atoms with Gasteiger partial charge < -0.3 is 24.6 Å². The van der Waals surface area contributed by atoms with Gasteiger partial charge in [-0.15, -0.1) is 0 Å². The van der Waals surface area contributed by atoms with Gasteiger partial charge in [-0.25, -0.2) is 0 Å². The van der Waals surface area contributed by atoms with E-state index in [1.165, 1.54) is 51.4 Å². The molecule has 0 aromatic heterocycles. The Morgan fingerprint density at radius 1 is 0.767 bits per heavy atom. The molecule has 1 atom stereocenters. The second kappa shape index (κ2) is 19.4. The lowest BCUT2D eigenvalue weighted by atomic mass is 9.84. The van der Waals surface area contributed by atoms with Crippen LogP contribution in [0.3, 0.4) is 0 Å². The molecule has 1 unspecified atom stereocenters. The number of aliphatic hydroxyl groups excluding tert-OH is 1. The van der Waals surface area contributed by atoms with Crippen LogP contribution in [0.5, 0.6) is 0 Å². The maximum Gasteiger partial charge on any atom is 0.0701 e. The minimum absolute atomic E-state index is 0.0597. The highest BCUT2D eigenvalue weighted by atomic mass is 16.5. The van der Waals surface area contributed by atoms with Gasteiger partial charge in [0.25, 0.3) is 0 Å². The SMILES string of the molecule is CCCCCCCCCCC(C)(CO)CN1CCOCCNCCOCCOCC1. The summed E-state index contributed by atoms with van der Waals surface area (Å²) in [6.07, 6.45) is 11.7. The second-order valence-electron chi connectivity index (χ2n) is 9.06. The second-order valence-corrected chi connectivity index (χ2v) is 9.06. The van der Waals surface area contributed by atoms with Crippen molar-refractivity contribution >= 4 is 0 Å². The van der Waals surface area contributed by atoms with Gasteiger partial charge in [0.05, 0.1) is 39.6 Å². The number of hydrogen-bond donors (Lipinski definition) is 2. The Labute approximate surface area is 186 Å². The van der Waals surface area contributed by atoms with Crippen LogP contribution in [0, 0.1) is 5.41 Å². The monoisotopic (exact) mass is 430 g/mol. The molecule has 30 heavy (non-hydrogen) atoms. The maximum atomic E-state index is 10.1. The lowest BCUT2D eigenvalue weighted by Gasteiger charge is -2.34. The molecule has 0 amide bonds. The van der Waals surface area contributed by atoms with Gasteiger partial charge in [0.1, 0.15) is 0 Å². The summed E-state index contributed by atoms with van der Waals surface area (Å²) in [5, 5.41) is 13.4. The van der Waals surface area contributed by atoms with Crippen molar-refractivity contribution in [3.05, 3.63) is 0 Å². The van der Waals surface area contributed by atoms with E-state index in [1.54, 1.807) is 0 Å². The Balaban J connectivity index is 2.34. The average molecular weight is 431 g/mol. The highest BCUT2D eigenvalue weighted by Crippen LogP contribution is 2.26. The first-order chi connectivity index (χ1) is 14.7. The number of rotatable bonds is 12. The highest BCUT2D eigenvalue weighted by molar-refractivity contribution is 4.78. The Morgan fingerprint density at radius 3 is 1.90 bits per heavy atom. The van der Waals surface area contributed by atoms with E-state index in [-0.39, 0.29) is 12.0 Å². The summed E-state index contributed by atoms with van der Waals surface area (Å²) < 4.78 is 17.1. The van der Waals surface area contributed by atoms with Gasteiger partial charge in [-0.1, -0.05) is 65.2 Å². The summed E-state index contributed by atoms with van der Waals surface area (Å²) in [5.74, 6) is 0. The van der Waals surface area contributed by atoms with Gasteiger partial charge in [0.15, 0.2) is 0 Å². The van der Waals surface area contributed by atoms with E-state index in [9.17, 15) is 5.11 Å². The van der Waals surface area contributed by atoms with Crippen LogP contribution in [0.4, 0.5) is 0 Å². The third kappa shape index (κ3) is 15.5. The molecule has 1 rings (SSSR count). The van der Waals surface area contributed by atoms with E-state index < -0.39 is 0 Å². The molecule has 2 N–H and O–H groups in total. The van der Waals surface area contributed by atoms with E-state index in [0.717, 1.165) is 52.4 Å². The van der Waals surface area contributed by atoms with Gasteiger partial charge in [-0.3, -0.25) is 4.90 Å². The topological polar surface area (TPSA) is 63.2 Å². The lowest BCUT2D eigenvalue weighted by Crippen LogP contribution is -2.41. The Kier molecular flexibility index (Phi) is 18.0. The van der Waals surface area contributed by atoms with Gasteiger partial charge in [0, 0.05) is 44.7 Å². The van der Waals surface area contributed by atoms with Crippen molar-refractivity contribution in [3.63, 3.8) is 0 Å². The Hall–Kier alpha value is -0.240. The number of unbranched alkanes of at least 4 members (excludes halogenated alkanes) is 7. The zero-order valence-corrected chi connectivity index (χ0v) is 20.0. The van der Waals surface area contributed by atoms with Crippen LogP contribution in [0.25, 0.3) is 0 Å². The summed E-state index contributed by atoms with van der Waals surface area (Å²) in [5.41, 5.74) is -0.0597. The molecule has 1 saturated heterocycles. The number of ether oxygens (including phenoxy) is 3. The predicted octanol–water partition coefficient (Wildman–Crippen LogP) is 3.47. The number of nitrogens with one attached hydrogen (secondary N) is 1. The van der Waals surface area contributed by atoms with Crippen LogP contribution in [0.1, 0.15) is 71.6 Å². The van der Waals surface area contributed by atoms with Crippen molar-refractivity contribution < 1.29 is 19.3 Å². The van der Waals surface area contributed by atoms with E-state index in [1.807, 2.05) is 0 Å². The van der Waals surface area contributed by atoms with Crippen LogP contribution >= 0.6 is 0 Å². The minimum Gasteiger partial charge on any atom is -0.396 e.